The molecule has 0 saturated carbocycles. The molecular weight excluding hydrogens is 348 g/mol. The minimum atomic E-state index is 0.274. The second-order valence-corrected chi connectivity index (χ2v) is 6.90. The highest BCUT2D eigenvalue weighted by molar-refractivity contribution is 5.90. The van der Waals surface area contributed by atoms with E-state index in [0.717, 1.165) is 57.6 Å². The molecule has 2 aromatic heterocycles. The van der Waals surface area contributed by atoms with Crippen LogP contribution in [0.2, 0.25) is 0 Å². The van der Waals surface area contributed by atoms with Crippen molar-refractivity contribution in [3.05, 3.63) is 64.8 Å². The summed E-state index contributed by atoms with van der Waals surface area (Å²) in [5, 5.41) is 19.6. The Morgan fingerprint density at radius 1 is 1.14 bits per heavy atom. The van der Waals surface area contributed by atoms with Gasteiger partial charge in [-0.1, -0.05) is 18.2 Å². The summed E-state index contributed by atoms with van der Waals surface area (Å²) in [7, 11) is 1.66. The lowest BCUT2D eigenvalue weighted by Gasteiger charge is -2.25. The van der Waals surface area contributed by atoms with Gasteiger partial charge in [-0.15, -0.1) is 0 Å². The average molecular weight is 364 g/mol. The van der Waals surface area contributed by atoms with E-state index < -0.39 is 0 Å². The summed E-state index contributed by atoms with van der Waals surface area (Å²) in [5.41, 5.74) is 8.07. The van der Waals surface area contributed by atoms with Gasteiger partial charge in [-0.3, -0.25) is 4.40 Å². The molecule has 5 rings (SSSR count). The van der Waals surface area contributed by atoms with Gasteiger partial charge in [0.15, 0.2) is 5.65 Å². The standard InChI is InChI=1S/C23H16N4O/c1-28-15-7-9-16-14(12-15)6-8-17-20(10-11-24)27-21-5-3-2-4-19(21)26-23(27)18(13-25)22(16)17/h2-5,7,9,12H,6,8,10H2,1H3. The molecule has 0 radical (unpaired) electrons. The zero-order valence-corrected chi connectivity index (χ0v) is 15.4. The molecule has 5 heteroatoms. The van der Waals surface area contributed by atoms with E-state index in [1.807, 2.05) is 46.9 Å². The van der Waals surface area contributed by atoms with Crippen LogP contribution in [0.3, 0.4) is 0 Å². The Balaban J connectivity index is 1.97. The molecule has 2 aromatic carbocycles. The predicted octanol–water partition coefficient (Wildman–Crippen LogP) is 4.20. The number of imidazole rings is 1. The van der Waals surface area contributed by atoms with Gasteiger partial charge < -0.3 is 4.74 Å². The van der Waals surface area contributed by atoms with Crippen LogP contribution in [0.5, 0.6) is 5.75 Å². The lowest BCUT2D eigenvalue weighted by atomic mass is 9.82. The van der Waals surface area contributed by atoms with E-state index in [2.05, 4.69) is 12.1 Å². The monoisotopic (exact) mass is 364 g/mol. The van der Waals surface area contributed by atoms with Crippen LogP contribution in [0.25, 0.3) is 27.8 Å². The third-order valence-electron chi connectivity index (χ3n) is 5.54. The van der Waals surface area contributed by atoms with E-state index >= 15 is 0 Å². The van der Waals surface area contributed by atoms with Crippen molar-refractivity contribution >= 4 is 16.7 Å². The van der Waals surface area contributed by atoms with Gasteiger partial charge >= 0.3 is 0 Å². The highest BCUT2D eigenvalue weighted by atomic mass is 16.5. The van der Waals surface area contributed by atoms with Crippen molar-refractivity contribution in [3.63, 3.8) is 0 Å². The zero-order chi connectivity index (χ0) is 19.3. The molecule has 134 valence electrons. The van der Waals surface area contributed by atoms with Crippen LogP contribution in [0.1, 0.15) is 22.4 Å². The summed E-state index contributed by atoms with van der Waals surface area (Å²) in [4.78, 5) is 4.75. The highest BCUT2D eigenvalue weighted by Crippen LogP contribution is 2.41. The normalized spacial score (nSPS) is 12.2. The number of rotatable bonds is 2. The van der Waals surface area contributed by atoms with Gasteiger partial charge in [0.25, 0.3) is 0 Å². The molecule has 0 N–H and O–H groups in total. The van der Waals surface area contributed by atoms with Crippen molar-refractivity contribution in [3.8, 4) is 29.0 Å². The van der Waals surface area contributed by atoms with Gasteiger partial charge in [-0.25, -0.2) is 4.98 Å². The largest absolute Gasteiger partial charge is 0.497 e. The maximum atomic E-state index is 10.1. The minimum Gasteiger partial charge on any atom is -0.497 e. The maximum Gasteiger partial charge on any atom is 0.156 e. The highest BCUT2D eigenvalue weighted by Gasteiger charge is 2.27. The number of fused-ring (bicyclic) bond motifs is 6. The van der Waals surface area contributed by atoms with Gasteiger partial charge in [0.2, 0.25) is 0 Å². The van der Waals surface area contributed by atoms with Crippen LogP contribution in [0.4, 0.5) is 0 Å². The third-order valence-corrected chi connectivity index (χ3v) is 5.54. The lowest BCUT2D eigenvalue weighted by molar-refractivity contribution is 0.414. The van der Waals surface area contributed by atoms with Crippen molar-refractivity contribution in [2.75, 3.05) is 7.11 Å². The van der Waals surface area contributed by atoms with E-state index in [0.29, 0.717) is 11.2 Å². The number of aryl methyl sites for hydroxylation is 1. The molecule has 0 atom stereocenters. The van der Waals surface area contributed by atoms with Crippen molar-refractivity contribution in [2.45, 2.75) is 19.3 Å². The Morgan fingerprint density at radius 3 is 2.79 bits per heavy atom. The van der Waals surface area contributed by atoms with Gasteiger partial charge in [0, 0.05) is 11.3 Å². The van der Waals surface area contributed by atoms with Crippen LogP contribution in [0.15, 0.2) is 42.5 Å². The molecule has 0 aliphatic heterocycles. The molecule has 1 aliphatic rings. The summed E-state index contributed by atoms with van der Waals surface area (Å²) < 4.78 is 7.38. The first-order valence-corrected chi connectivity index (χ1v) is 9.16. The Kier molecular flexibility index (Phi) is 3.57. The number of aromatic nitrogens is 2. The summed E-state index contributed by atoms with van der Waals surface area (Å²) in [5.74, 6) is 0.811. The Bertz CT molecular complexity index is 1350. The Hall–Kier alpha value is -3.83. The first-order valence-electron chi connectivity index (χ1n) is 9.16. The van der Waals surface area contributed by atoms with Gasteiger partial charge in [0.05, 0.1) is 30.6 Å². The predicted molar refractivity (Wildman–Crippen MR) is 106 cm³/mol. The van der Waals surface area contributed by atoms with Crippen LogP contribution in [-0.2, 0) is 19.3 Å². The SMILES string of the molecule is COc1ccc2c(c1)CCc1c-2c(C#N)c2nc3ccccc3n2c1CC#N. The fraction of sp³-hybridized carbons (Fsp3) is 0.174. The van der Waals surface area contributed by atoms with Crippen LogP contribution in [-0.4, -0.2) is 16.5 Å². The van der Waals surface area contributed by atoms with Crippen molar-refractivity contribution in [2.24, 2.45) is 0 Å². The first-order chi connectivity index (χ1) is 13.8. The van der Waals surface area contributed by atoms with E-state index in [4.69, 9.17) is 9.72 Å². The topological polar surface area (TPSA) is 74.1 Å². The summed E-state index contributed by atoms with van der Waals surface area (Å²) in [6.07, 6.45) is 1.90. The van der Waals surface area contributed by atoms with E-state index in [1.54, 1.807) is 7.11 Å². The number of hydrogen-bond donors (Lipinski definition) is 0. The zero-order valence-electron chi connectivity index (χ0n) is 15.4. The number of nitriles is 2. The molecular formula is C23H16N4O. The van der Waals surface area contributed by atoms with Gasteiger partial charge in [0.1, 0.15) is 17.4 Å². The molecule has 0 fully saturated rings. The molecule has 4 aromatic rings. The number of methoxy groups -OCH3 is 1. The molecule has 28 heavy (non-hydrogen) atoms. The number of para-hydroxylation sites is 2. The number of benzene rings is 2. The molecule has 5 nitrogen and oxygen atoms in total. The minimum absolute atomic E-state index is 0.274. The number of hydrogen-bond acceptors (Lipinski definition) is 4. The molecule has 0 amide bonds. The number of ether oxygens (including phenoxy) is 1. The molecule has 1 aliphatic carbocycles. The number of pyridine rings is 1. The van der Waals surface area contributed by atoms with Gasteiger partial charge in [-0.05, 0) is 53.8 Å². The van der Waals surface area contributed by atoms with Crippen molar-refractivity contribution in [1.82, 2.24) is 9.38 Å². The van der Waals surface area contributed by atoms with Crippen LogP contribution < -0.4 is 4.74 Å². The quantitative estimate of drug-likeness (QED) is 0.534. The summed E-state index contributed by atoms with van der Waals surface area (Å²) >= 11 is 0. The van der Waals surface area contributed by atoms with Crippen LogP contribution in [0, 0.1) is 22.7 Å². The molecule has 0 unspecified atom stereocenters. The van der Waals surface area contributed by atoms with E-state index in [1.165, 1.54) is 0 Å². The molecule has 0 spiro atoms. The lowest BCUT2D eigenvalue weighted by Crippen LogP contribution is -2.13. The molecule has 2 heterocycles. The third kappa shape index (κ3) is 2.14. The molecule has 0 bridgehead atoms. The van der Waals surface area contributed by atoms with Crippen LogP contribution >= 0.6 is 0 Å². The first kappa shape index (κ1) is 16.4. The second kappa shape index (κ2) is 6.11. The summed E-state index contributed by atoms with van der Waals surface area (Å²) in [6.45, 7) is 0. The van der Waals surface area contributed by atoms with Crippen molar-refractivity contribution < 1.29 is 4.74 Å². The summed E-state index contributed by atoms with van der Waals surface area (Å²) in [6, 6.07) is 18.5. The second-order valence-electron chi connectivity index (χ2n) is 6.90. The Morgan fingerprint density at radius 2 is 2.00 bits per heavy atom. The van der Waals surface area contributed by atoms with E-state index in [-0.39, 0.29) is 6.42 Å². The number of nitrogens with zero attached hydrogens (tertiary/aromatic N) is 4. The van der Waals surface area contributed by atoms with Crippen molar-refractivity contribution in [1.29, 1.82) is 10.5 Å². The smallest absolute Gasteiger partial charge is 0.156 e. The Labute approximate surface area is 162 Å². The maximum absolute atomic E-state index is 10.1. The fourth-order valence-electron chi connectivity index (χ4n) is 4.35. The molecule has 0 saturated heterocycles. The fourth-order valence-corrected chi connectivity index (χ4v) is 4.35. The van der Waals surface area contributed by atoms with E-state index in [9.17, 15) is 10.5 Å². The van der Waals surface area contributed by atoms with Gasteiger partial charge in [-0.2, -0.15) is 10.5 Å². The average Bonchev–Trinajstić information content (AvgIpc) is 3.12.